The maximum Gasteiger partial charge on any atom is 0.329 e. The number of aryl methyl sites for hydroxylation is 4. The molecule has 0 aliphatic rings. The molecule has 0 aliphatic carbocycles. The van der Waals surface area contributed by atoms with Gasteiger partial charge in [-0.3, -0.25) is 38.2 Å². The fourth-order valence-electron chi connectivity index (χ4n) is 14.6. The Balaban J connectivity index is 0.000000140. The predicted molar refractivity (Wildman–Crippen MR) is 472 cm³/mol. The van der Waals surface area contributed by atoms with Crippen molar-refractivity contribution >= 4 is 66.8 Å². The van der Waals surface area contributed by atoms with Gasteiger partial charge in [0, 0.05) is 95.1 Å². The largest absolute Gasteiger partial charge is 0.481 e. The van der Waals surface area contributed by atoms with E-state index in [0.717, 1.165) is 98.9 Å². The van der Waals surface area contributed by atoms with Gasteiger partial charge in [0.25, 0.3) is 16.7 Å². The summed E-state index contributed by atoms with van der Waals surface area (Å²) in [5.41, 5.74) is 11.5. The third kappa shape index (κ3) is 16.9. The molecular weight excluding hydrogens is 1530 g/mol. The highest BCUT2D eigenvalue weighted by Crippen LogP contribution is 2.39. The van der Waals surface area contributed by atoms with E-state index in [1.807, 2.05) is 272 Å². The first kappa shape index (κ1) is 79.9. The van der Waals surface area contributed by atoms with E-state index < -0.39 is 11.0 Å². The molecule has 0 fully saturated rings. The molecule has 10 aromatic heterocycles. The maximum atomic E-state index is 14.5. The first-order valence-electron chi connectivity index (χ1n) is 38.5. The number of ether oxygens (including phenoxy) is 3. The number of pyridine rings is 6. The fraction of sp³-hybridized carbons (Fsp3) is 0.138. The van der Waals surface area contributed by atoms with Crippen LogP contribution < -0.4 is 46.8 Å². The summed E-state index contributed by atoms with van der Waals surface area (Å²) in [5, 5.41) is 27.1. The van der Waals surface area contributed by atoms with E-state index in [1.165, 1.54) is 6.20 Å². The summed E-state index contributed by atoms with van der Waals surface area (Å²) in [6, 6.07) is 72.3. The van der Waals surface area contributed by atoms with Crippen LogP contribution in [0.2, 0.25) is 0 Å². The van der Waals surface area contributed by atoms with Gasteiger partial charge in [-0.1, -0.05) is 140 Å². The lowest BCUT2D eigenvalue weighted by Crippen LogP contribution is -2.26. The number of hydrogen-bond acceptors (Lipinski definition) is 22. The van der Waals surface area contributed by atoms with Crippen molar-refractivity contribution in [2.75, 3.05) is 37.3 Å². The van der Waals surface area contributed by atoms with Gasteiger partial charge in [-0.2, -0.15) is 0 Å². The van der Waals surface area contributed by atoms with Gasteiger partial charge >= 0.3 is 5.69 Å². The SMILES string of the molecule is COc1cc(-c2cccc3cc([C@H](C)Nc4nc(C)ncc4-c4ccccc4)n(-c4ccccc4)c(=O)c23)ccn1.COc1cc(-c2cccc3cc([C@H](C)Nc4nc(C)ncc4-c4cnc(C)s4)n(-c4ccccc4)c(=O)c23)ccn1.COc1cc(-c2cccc3cc([C@H](C)Nc4nc(C)ncc4[N+](=O)[O-])n(-c4ccccc4)c(=O)c23)ccn1. The van der Waals surface area contributed by atoms with E-state index in [9.17, 15) is 24.5 Å². The minimum absolute atomic E-state index is 0.0831. The van der Waals surface area contributed by atoms with Gasteiger partial charge in [-0.25, -0.2) is 49.8 Å². The van der Waals surface area contributed by atoms with E-state index in [-0.39, 0.29) is 40.3 Å². The Morgan fingerprint density at radius 1 is 0.367 bits per heavy atom. The summed E-state index contributed by atoms with van der Waals surface area (Å²) in [7, 11) is 4.71. The number of nitrogens with one attached hydrogen (secondary N) is 3. The summed E-state index contributed by atoms with van der Waals surface area (Å²) in [5.74, 6) is 4.62. The number of thiazole rings is 1. The van der Waals surface area contributed by atoms with Crippen molar-refractivity contribution in [3.63, 3.8) is 0 Å². The number of para-hydroxylation sites is 3. The molecule has 17 aromatic rings. The lowest BCUT2D eigenvalue weighted by molar-refractivity contribution is -0.384. The Bertz CT molecular complexity index is 6850. The number of hydrogen-bond donors (Lipinski definition) is 3. The molecule has 26 heteroatoms. The van der Waals surface area contributed by atoms with Crippen molar-refractivity contribution in [2.45, 2.75) is 66.6 Å². The van der Waals surface area contributed by atoms with Crippen molar-refractivity contribution in [3.8, 4) is 89.7 Å². The monoisotopic (exact) mass is 1610 g/mol. The van der Waals surface area contributed by atoms with Crippen molar-refractivity contribution < 1.29 is 19.1 Å². The number of aromatic nitrogens is 13. The van der Waals surface area contributed by atoms with Crippen LogP contribution >= 0.6 is 11.3 Å². The first-order valence-corrected chi connectivity index (χ1v) is 39.3. The third-order valence-corrected chi connectivity index (χ3v) is 21.2. The van der Waals surface area contributed by atoms with Crippen LogP contribution in [0.4, 0.5) is 23.1 Å². The van der Waals surface area contributed by atoms with Crippen LogP contribution in [0.15, 0.2) is 288 Å². The molecule has 25 nitrogen and oxygen atoms in total. The highest BCUT2D eigenvalue weighted by atomic mass is 32.1. The Morgan fingerprint density at radius 3 is 1.07 bits per heavy atom. The van der Waals surface area contributed by atoms with Gasteiger partial charge in [0.15, 0.2) is 0 Å². The van der Waals surface area contributed by atoms with Crippen molar-refractivity contribution in [3.05, 3.63) is 355 Å². The number of nitrogens with zero attached hydrogens (tertiary/aromatic N) is 14. The Morgan fingerprint density at radius 2 is 0.708 bits per heavy atom. The second-order valence-electron chi connectivity index (χ2n) is 28.2. The number of methoxy groups -OCH3 is 3. The Hall–Kier alpha value is -15.3. The zero-order valence-electron chi connectivity index (χ0n) is 67.1. The quantitative estimate of drug-likeness (QED) is 0.0445. The Kier molecular flexibility index (Phi) is 23.6. The summed E-state index contributed by atoms with van der Waals surface area (Å²) in [6.07, 6.45) is 11.7. The number of fused-ring (bicyclic) bond motifs is 3. The van der Waals surface area contributed by atoms with Gasteiger partial charge in [0.2, 0.25) is 23.5 Å². The highest BCUT2D eigenvalue weighted by Gasteiger charge is 2.27. The third-order valence-electron chi connectivity index (χ3n) is 20.3. The molecule has 3 N–H and O–H groups in total. The van der Waals surface area contributed by atoms with Crippen LogP contribution in [-0.4, -0.2) is 89.8 Å². The smallest absolute Gasteiger partial charge is 0.329 e. The molecular formula is C94H81N17O8S. The van der Waals surface area contributed by atoms with Gasteiger partial charge < -0.3 is 30.2 Å². The molecule has 596 valence electrons. The molecule has 120 heavy (non-hydrogen) atoms. The van der Waals surface area contributed by atoms with Crippen LogP contribution in [0.1, 0.15) is 78.5 Å². The number of nitro groups is 1. The van der Waals surface area contributed by atoms with E-state index in [2.05, 4.69) is 68.0 Å². The second-order valence-corrected chi connectivity index (χ2v) is 29.4. The van der Waals surface area contributed by atoms with Crippen molar-refractivity contribution in [2.24, 2.45) is 0 Å². The average Bonchev–Trinajstić information content (AvgIpc) is 0.974. The molecule has 0 aliphatic heterocycles. The minimum atomic E-state index is -0.533. The molecule has 0 radical (unpaired) electrons. The average molecular weight is 1610 g/mol. The van der Waals surface area contributed by atoms with Gasteiger partial charge in [0.05, 0.1) is 76.0 Å². The van der Waals surface area contributed by atoms with Crippen LogP contribution in [0.25, 0.3) is 104 Å². The zero-order chi connectivity index (χ0) is 83.7. The molecule has 0 saturated carbocycles. The van der Waals surface area contributed by atoms with E-state index in [1.54, 1.807) is 77.9 Å². The lowest BCUT2D eigenvalue weighted by atomic mass is 9.98. The van der Waals surface area contributed by atoms with E-state index >= 15 is 0 Å². The van der Waals surface area contributed by atoms with Gasteiger partial charge in [-0.15, -0.1) is 11.3 Å². The normalized spacial score (nSPS) is 11.8. The van der Waals surface area contributed by atoms with Crippen LogP contribution in [-0.2, 0) is 0 Å². The second kappa shape index (κ2) is 35.4. The minimum Gasteiger partial charge on any atom is -0.481 e. The molecule has 17 rings (SSSR count). The van der Waals surface area contributed by atoms with Crippen LogP contribution in [0, 0.1) is 37.8 Å². The molecule has 0 bridgehead atoms. The van der Waals surface area contributed by atoms with Gasteiger partial charge in [0.1, 0.15) is 35.3 Å². The van der Waals surface area contributed by atoms with Crippen molar-refractivity contribution in [1.29, 1.82) is 0 Å². The summed E-state index contributed by atoms with van der Waals surface area (Å²) >= 11 is 1.59. The van der Waals surface area contributed by atoms with E-state index in [4.69, 9.17) is 24.2 Å². The van der Waals surface area contributed by atoms with Crippen LogP contribution in [0.5, 0.6) is 17.6 Å². The fourth-order valence-corrected chi connectivity index (χ4v) is 15.4. The van der Waals surface area contributed by atoms with E-state index in [0.29, 0.717) is 74.3 Å². The van der Waals surface area contributed by atoms with Crippen LogP contribution in [0.3, 0.4) is 0 Å². The Labute approximate surface area is 693 Å². The highest BCUT2D eigenvalue weighted by molar-refractivity contribution is 7.15. The molecule has 3 atom stereocenters. The first-order chi connectivity index (χ1) is 58.3. The molecule has 10 heterocycles. The summed E-state index contributed by atoms with van der Waals surface area (Å²) in [6.45, 7) is 13.3. The van der Waals surface area contributed by atoms with Gasteiger partial charge in [-0.05, 0) is 176 Å². The zero-order valence-corrected chi connectivity index (χ0v) is 68.0. The lowest BCUT2D eigenvalue weighted by Gasteiger charge is -2.23. The standard InChI is InChI=1S/C34H29N5O2.C32H28N6O2S.C28H24N6O4/c1-22(37-33-29(21-36-23(2)38-33)24-11-6-4-7-12-24)30-19-26-13-10-16-28(25-17-18-35-31(20-25)41-3)32(26)34(40)39(30)27-14-8-5-9-15-27;1-19(36-31-26(17-34-20(2)37-31)28-18-35-21(3)41-28)27-15-23-9-8-12-25(22-13-14-33-29(16-22)40-4)30(23)32(39)38(27)24-10-6-5-7-11-24;1-17(31-27-24(34(36)37)16-30-18(2)32-27)23-14-20-8-7-11-22(19-12-13-29-25(15-19)38-3)26(20)28(35)33(23)21-9-5-4-6-10-21/h4-22H,1-3H3,(H,36,37,38);5-19H,1-4H3,(H,34,36,37);4-17H,1-3H3,(H,30,31,32)/t22-;19-;17-/m000/s1. The topological polar surface area (TPSA) is 302 Å². The number of benzene rings is 7. The molecule has 0 saturated heterocycles. The summed E-state index contributed by atoms with van der Waals surface area (Å²) < 4.78 is 21.2. The number of rotatable bonds is 21. The molecule has 7 aromatic carbocycles. The number of anilines is 3. The molecule has 0 unspecified atom stereocenters. The summed E-state index contributed by atoms with van der Waals surface area (Å²) in [4.78, 5) is 98.8. The van der Waals surface area contributed by atoms with Crippen molar-refractivity contribution in [1.82, 2.24) is 63.5 Å². The molecule has 0 amide bonds. The predicted octanol–water partition coefficient (Wildman–Crippen LogP) is 19.0. The molecule has 0 spiro atoms. The maximum absolute atomic E-state index is 14.5.